The maximum Gasteiger partial charge on any atom is 0.337 e. The highest BCUT2D eigenvalue weighted by Gasteiger charge is 2.09. The van der Waals surface area contributed by atoms with Gasteiger partial charge in [-0.05, 0) is 46.5 Å². The molecule has 0 amide bonds. The summed E-state index contributed by atoms with van der Waals surface area (Å²) in [6, 6.07) is 29.7. The van der Waals surface area contributed by atoms with Crippen molar-refractivity contribution in [3.8, 4) is 11.1 Å². The van der Waals surface area contributed by atoms with Gasteiger partial charge in [-0.1, -0.05) is 72.8 Å². The normalized spacial score (nSPS) is 10.3. The zero-order valence-electron chi connectivity index (χ0n) is 16.5. The number of hydrogen-bond acceptors (Lipinski definition) is 4. The lowest BCUT2D eigenvalue weighted by Crippen LogP contribution is -2.01. The van der Waals surface area contributed by atoms with Crippen LogP contribution in [-0.4, -0.2) is 23.3 Å². The SMILES string of the molecule is COC(=O)c1cccc(-c2cnnc(C=C(c3ccccc3)c3ccccc3)c2)c1. The van der Waals surface area contributed by atoms with Gasteiger partial charge in [0.1, 0.15) is 0 Å². The molecule has 146 valence electrons. The van der Waals surface area contributed by atoms with Crippen LogP contribution in [-0.2, 0) is 4.74 Å². The van der Waals surface area contributed by atoms with E-state index in [9.17, 15) is 4.79 Å². The summed E-state index contributed by atoms with van der Waals surface area (Å²) in [7, 11) is 1.38. The van der Waals surface area contributed by atoms with Gasteiger partial charge >= 0.3 is 5.97 Å². The third kappa shape index (κ3) is 4.33. The van der Waals surface area contributed by atoms with Crippen molar-refractivity contribution in [2.75, 3.05) is 7.11 Å². The van der Waals surface area contributed by atoms with Crippen molar-refractivity contribution in [2.45, 2.75) is 0 Å². The molecule has 0 unspecified atom stereocenters. The van der Waals surface area contributed by atoms with Crippen LogP contribution in [0, 0.1) is 0 Å². The topological polar surface area (TPSA) is 52.1 Å². The van der Waals surface area contributed by atoms with Crippen molar-refractivity contribution in [1.29, 1.82) is 0 Å². The first kappa shape index (κ1) is 19.3. The van der Waals surface area contributed by atoms with Crippen molar-refractivity contribution >= 4 is 17.6 Å². The second-order valence-corrected chi connectivity index (χ2v) is 6.73. The number of aromatic nitrogens is 2. The molecule has 0 radical (unpaired) electrons. The number of methoxy groups -OCH3 is 1. The van der Waals surface area contributed by atoms with E-state index in [1.54, 1.807) is 18.3 Å². The maximum atomic E-state index is 11.9. The minimum absolute atomic E-state index is 0.366. The number of esters is 1. The summed E-state index contributed by atoms with van der Waals surface area (Å²) >= 11 is 0. The fourth-order valence-electron chi connectivity index (χ4n) is 3.27. The predicted molar refractivity (Wildman–Crippen MR) is 119 cm³/mol. The van der Waals surface area contributed by atoms with Gasteiger partial charge in [0.2, 0.25) is 0 Å². The molecule has 0 N–H and O–H groups in total. The number of ether oxygens (including phenoxy) is 1. The molecule has 0 spiro atoms. The molecule has 4 heteroatoms. The molecule has 0 aliphatic carbocycles. The van der Waals surface area contributed by atoms with Crippen molar-refractivity contribution in [1.82, 2.24) is 10.2 Å². The van der Waals surface area contributed by atoms with Crippen LogP contribution in [0.4, 0.5) is 0 Å². The quantitative estimate of drug-likeness (QED) is 0.420. The van der Waals surface area contributed by atoms with Crippen LogP contribution in [0.3, 0.4) is 0 Å². The van der Waals surface area contributed by atoms with Gasteiger partial charge in [-0.25, -0.2) is 4.79 Å². The average Bonchev–Trinajstić information content (AvgIpc) is 2.83. The Balaban J connectivity index is 1.77. The highest BCUT2D eigenvalue weighted by atomic mass is 16.5. The van der Waals surface area contributed by atoms with Crippen molar-refractivity contribution in [2.24, 2.45) is 0 Å². The molecular weight excluding hydrogens is 372 g/mol. The predicted octanol–water partition coefficient (Wildman–Crippen LogP) is 5.52. The van der Waals surface area contributed by atoms with Crippen LogP contribution in [0.25, 0.3) is 22.8 Å². The molecule has 4 nitrogen and oxygen atoms in total. The Labute approximate surface area is 175 Å². The summed E-state index contributed by atoms with van der Waals surface area (Å²) in [6.07, 6.45) is 3.73. The maximum absolute atomic E-state index is 11.9. The van der Waals surface area contributed by atoms with Crippen molar-refractivity contribution < 1.29 is 9.53 Å². The van der Waals surface area contributed by atoms with E-state index in [1.807, 2.05) is 60.7 Å². The zero-order chi connectivity index (χ0) is 20.8. The molecule has 0 saturated carbocycles. The first-order chi connectivity index (χ1) is 14.7. The van der Waals surface area contributed by atoms with E-state index < -0.39 is 0 Å². The molecule has 0 aliphatic rings. The van der Waals surface area contributed by atoms with E-state index in [-0.39, 0.29) is 5.97 Å². The molecule has 4 rings (SSSR count). The van der Waals surface area contributed by atoms with Gasteiger partial charge in [0.15, 0.2) is 0 Å². The second-order valence-electron chi connectivity index (χ2n) is 6.73. The highest BCUT2D eigenvalue weighted by molar-refractivity contribution is 5.92. The summed E-state index contributed by atoms with van der Waals surface area (Å²) < 4.78 is 4.83. The molecule has 3 aromatic carbocycles. The Morgan fingerprint density at radius 1 is 0.767 bits per heavy atom. The van der Waals surface area contributed by atoms with Crippen LogP contribution >= 0.6 is 0 Å². The van der Waals surface area contributed by atoms with Crippen LogP contribution in [0.2, 0.25) is 0 Å². The van der Waals surface area contributed by atoms with Crippen LogP contribution in [0.15, 0.2) is 97.2 Å². The summed E-state index contributed by atoms with van der Waals surface area (Å²) in [4.78, 5) is 11.9. The Kier molecular flexibility index (Phi) is 5.76. The van der Waals surface area contributed by atoms with Gasteiger partial charge in [0, 0.05) is 5.56 Å². The van der Waals surface area contributed by atoms with Gasteiger partial charge < -0.3 is 4.74 Å². The second kappa shape index (κ2) is 8.97. The number of benzene rings is 3. The van der Waals surface area contributed by atoms with Gasteiger partial charge in [-0.2, -0.15) is 10.2 Å². The lowest BCUT2D eigenvalue weighted by atomic mass is 9.96. The van der Waals surface area contributed by atoms with Gasteiger partial charge in [0.05, 0.1) is 24.6 Å². The molecule has 30 heavy (non-hydrogen) atoms. The summed E-state index contributed by atoms with van der Waals surface area (Å²) in [5, 5.41) is 8.50. The molecule has 0 atom stereocenters. The Bertz CT molecular complexity index is 1140. The van der Waals surface area contributed by atoms with Gasteiger partial charge in [-0.3, -0.25) is 0 Å². The first-order valence-electron chi connectivity index (χ1n) is 9.58. The molecule has 0 saturated heterocycles. The molecule has 0 bridgehead atoms. The summed E-state index contributed by atoms with van der Waals surface area (Å²) in [5.74, 6) is -0.366. The number of carbonyl (C=O) groups excluding carboxylic acids is 1. The Hall–Kier alpha value is -4.05. The van der Waals surface area contributed by atoms with E-state index in [0.29, 0.717) is 5.56 Å². The average molecular weight is 392 g/mol. The monoisotopic (exact) mass is 392 g/mol. The van der Waals surface area contributed by atoms with E-state index in [0.717, 1.165) is 33.5 Å². The molecule has 1 aromatic heterocycles. The van der Waals surface area contributed by atoms with E-state index in [4.69, 9.17) is 4.74 Å². The molecule has 0 fully saturated rings. The fraction of sp³-hybridized carbons (Fsp3) is 0.0385. The highest BCUT2D eigenvalue weighted by Crippen LogP contribution is 2.27. The lowest BCUT2D eigenvalue weighted by Gasteiger charge is -2.09. The fourth-order valence-corrected chi connectivity index (χ4v) is 3.27. The van der Waals surface area contributed by atoms with E-state index >= 15 is 0 Å². The van der Waals surface area contributed by atoms with Crippen molar-refractivity contribution in [3.05, 3.63) is 120 Å². The molecule has 4 aromatic rings. The molecular formula is C26H20N2O2. The van der Waals surface area contributed by atoms with Gasteiger partial charge in [0.25, 0.3) is 0 Å². The van der Waals surface area contributed by atoms with Crippen molar-refractivity contribution in [3.63, 3.8) is 0 Å². The third-order valence-electron chi connectivity index (χ3n) is 4.75. The first-order valence-corrected chi connectivity index (χ1v) is 9.58. The van der Waals surface area contributed by atoms with Gasteiger partial charge in [-0.15, -0.1) is 0 Å². The largest absolute Gasteiger partial charge is 0.465 e. The minimum Gasteiger partial charge on any atom is -0.465 e. The Morgan fingerprint density at radius 3 is 2.03 bits per heavy atom. The zero-order valence-corrected chi connectivity index (χ0v) is 16.5. The number of nitrogens with zero attached hydrogens (tertiary/aromatic N) is 2. The lowest BCUT2D eigenvalue weighted by molar-refractivity contribution is 0.0601. The van der Waals surface area contributed by atoms with Crippen LogP contribution in [0.5, 0.6) is 0 Å². The summed E-state index contributed by atoms with van der Waals surface area (Å²) in [6.45, 7) is 0. The smallest absolute Gasteiger partial charge is 0.337 e. The standard InChI is InChI=1S/C26H20N2O2/c1-30-26(29)22-14-8-13-21(15-22)23-16-24(28-27-18-23)17-25(19-9-4-2-5-10-19)20-11-6-3-7-12-20/h2-18H,1H3. The third-order valence-corrected chi connectivity index (χ3v) is 4.75. The van der Waals surface area contributed by atoms with Crippen LogP contribution < -0.4 is 0 Å². The number of carbonyl (C=O) groups is 1. The Morgan fingerprint density at radius 2 is 1.40 bits per heavy atom. The van der Waals surface area contributed by atoms with E-state index in [2.05, 4.69) is 34.5 Å². The van der Waals surface area contributed by atoms with E-state index in [1.165, 1.54) is 7.11 Å². The summed E-state index contributed by atoms with van der Waals surface area (Å²) in [5.41, 5.74) is 6.25. The number of hydrogen-bond donors (Lipinski definition) is 0. The molecule has 1 heterocycles. The van der Waals surface area contributed by atoms with Crippen LogP contribution in [0.1, 0.15) is 27.2 Å². The minimum atomic E-state index is -0.366. The molecule has 0 aliphatic heterocycles. The number of rotatable bonds is 5.